The van der Waals surface area contributed by atoms with E-state index in [9.17, 15) is 9.59 Å². The molecule has 3 heterocycles. The first-order chi connectivity index (χ1) is 10.5. The van der Waals surface area contributed by atoms with Gasteiger partial charge in [-0.3, -0.25) is 14.2 Å². The SMILES string of the molecule is CCn1c(=O)cc(C2CCNCC2)n2nc(C)c(C(N)=O)c12. The van der Waals surface area contributed by atoms with Crippen molar-refractivity contribution in [2.45, 2.75) is 39.2 Å². The van der Waals surface area contributed by atoms with E-state index in [2.05, 4.69) is 10.4 Å². The van der Waals surface area contributed by atoms with Gasteiger partial charge in [0.25, 0.3) is 11.5 Å². The topological polar surface area (TPSA) is 94.4 Å². The molecule has 2 aromatic heterocycles. The molecule has 0 saturated carbocycles. The van der Waals surface area contributed by atoms with E-state index < -0.39 is 5.91 Å². The molecule has 0 atom stereocenters. The summed E-state index contributed by atoms with van der Waals surface area (Å²) in [5.41, 5.74) is 7.71. The Morgan fingerprint density at radius 1 is 1.45 bits per heavy atom. The van der Waals surface area contributed by atoms with Crippen molar-refractivity contribution in [3.05, 3.63) is 33.4 Å². The lowest BCUT2D eigenvalue weighted by Crippen LogP contribution is -2.30. The van der Waals surface area contributed by atoms with Crippen molar-refractivity contribution in [2.24, 2.45) is 5.73 Å². The van der Waals surface area contributed by atoms with Gasteiger partial charge in [0.05, 0.1) is 11.4 Å². The quantitative estimate of drug-likeness (QED) is 0.857. The minimum Gasteiger partial charge on any atom is -0.365 e. The molecule has 3 rings (SSSR count). The second kappa shape index (κ2) is 5.57. The zero-order chi connectivity index (χ0) is 15.9. The summed E-state index contributed by atoms with van der Waals surface area (Å²) in [6.07, 6.45) is 1.91. The molecule has 1 amide bonds. The van der Waals surface area contributed by atoms with Crippen LogP contribution in [0.15, 0.2) is 10.9 Å². The molecule has 0 radical (unpaired) electrons. The van der Waals surface area contributed by atoms with E-state index >= 15 is 0 Å². The lowest BCUT2D eigenvalue weighted by Gasteiger charge is -2.23. The highest BCUT2D eigenvalue weighted by atomic mass is 16.1. The molecule has 7 heteroatoms. The van der Waals surface area contributed by atoms with Crippen LogP contribution in [0.3, 0.4) is 0 Å². The number of nitrogens with two attached hydrogens (primary N) is 1. The van der Waals surface area contributed by atoms with E-state index in [0.29, 0.717) is 23.4 Å². The summed E-state index contributed by atoms with van der Waals surface area (Å²) in [5, 5.41) is 7.81. The number of hydrogen-bond acceptors (Lipinski definition) is 4. The first-order valence-corrected chi connectivity index (χ1v) is 7.68. The summed E-state index contributed by atoms with van der Waals surface area (Å²) in [5.74, 6) is -0.278. The van der Waals surface area contributed by atoms with Gasteiger partial charge >= 0.3 is 0 Å². The Hall–Kier alpha value is -2.15. The molecule has 118 valence electrons. The predicted octanol–water partition coefficient (Wildman–Crippen LogP) is 0.390. The third-order valence-electron chi connectivity index (χ3n) is 4.39. The number of carbonyl (C=O) groups is 1. The Balaban J connectivity index is 2.33. The van der Waals surface area contributed by atoms with Crippen LogP contribution in [0.5, 0.6) is 0 Å². The maximum Gasteiger partial charge on any atom is 0.254 e. The molecule has 1 fully saturated rings. The number of piperidine rings is 1. The Kier molecular flexibility index (Phi) is 3.74. The summed E-state index contributed by atoms with van der Waals surface area (Å²) < 4.78 is 3.31. The summed E-state index contributed by atoms with van der Waals surface area (Å²) in [7, 11) is 0. The van der Waals surface area contributed by atoms with Gasteiger partial charge in [0.15, 0.2) is 5.65 Å². The van der Waals surface area contributed by atoms with Gasteiger partial charge in [0.1, 0.15) is 5.56 Å². The number of rotatable bonds is 3. The van der Waals surface area contributed by atoms with Gasteiger partial charge < -0.3 is 11.1 Å². The molecular weight excluding hydrogens is 282 g/mol. The Labute approximate surface area is 128 Å². The first kappa shape index (κ1) is 14.8. The summed E-state index contributed by atoms with van der Waals surface area (Å²) in [6, 6.07) is 1.66. The summed E-state index contributed by atoms with van der Waals surface area (Å²) in [6.45, 7) is 5.95. The normalized spacial score (nSPS) is 16.3. The van der Waals surface area contributed by atoms with Gasteiger partial charge in [0.2, 0.25) is 0 Å². The minimum atomic E-state index is -0.545. The number of carbonyl (C=O) groups excluding carboxylic acids is 1. The number of fused-ring (bicyclic) bond motifs is 1. The standard InChI is InChI=1S/C15H21N5O2/c1-3-19-12(21)8-11(10-4-6-17-7-5-10)20-15(19)13(14(16)22)9(2)18-20/h8,10,17H,3-7H2,1-2H3,(H2,16,22). The number of primary amides is 1. The molecule has 22 heavy (non-hydrogen) atoms. The third-order valence-corrected chi connectivity index (χ3v) is 4.39. The maximum atomic E-state index is 12.5. The number of aryl methyl sites for hydroxylation is 2. The van der Waals surface area contributed by atoms with Crippen molar-refractivity contribution >= 4 is 11.6 Å². The van der Waals surface area contributed by atoms with E-state index in [1.54, 1.807) is 22.1 Å². The molecule has 1 aliphatic heterocycles. The number of nitrogens with zero attached hydrogens (tertiary/aromatic N) is 3. The van der Waals surface area contributed by atoms with Crippen LogP contribution in [-0.4, -0.2) is 33.2 Å². The molecular formula is C15H21N5O2. The lowest BCUT2D eigenvalue weighted by atomic mass is 9.94. The Bertz CT molecular complexity index is 783. The van der Waals surface area contributed by atoms with Gasteiger partial charge in [-0.05, 0) is 39.8 Å². The number of aromatic nitrogens is 3. The molecule has 0 aromatic carbocycles. The molecule has 1 aliphatic rings. The summed E-state index contributed by atoms with van der Waals surface area (Å²) in [4.78, 5) is 24.3. The Morgan fingerprint density at radius 3 is 2.73 bits per heavy atom. The smallest absolute Gasteiger partial charge is 0.254 e. The summed E-state index contributed by atoms with van der Waals surface area (Å²) >= 11 is 0. The van der Waals surface area contributed by atoms with Crippen molar-refractivity contribution in [1.82, 2.24) is 19.5 Å². The van der Waals surface area contributed by atoms with Crippen LogP contribution in [0, 0.1) is 6.92 Å². The van der Waals surface area contributed by atoms with Crippen molar-refractivity contribution < 1.29 is 4.79 Å². The second-order valence-corrected chi connectivity index (χ2v) is 5.74. The van der Waals surface area contributed by atoms with Crippen molar-refractivity contribution in [2.75, 3.05) is 13.1 Å². The van der Waals surface area contributed by atoms with Crippen molar-refractivity contribution in [3.63, 3.8) is 0 Å². The molecule has 0 aliphatic carbocycles. The average molecular weight is 303 g/mol. The van der Waals surface area contributed by atoms with E-state index in [-0.39, 0.29) is 11.5 Å². The van der Waals surface area contributed by atoms with E-state index in [0.717, 1.165) is 31.6 Å². The zero-order valence-corrected chi connectivity index (χ0v) is 12.9. The van der Waals surface area contributed by atoms with Gasteiger partial charge in [0, 0.05) is 18.5 Å². The van der Waals surface area contributed by atoms with Gasteiger partial charge in [-0.2, -0.15) is 5.10 Å². The highest BCUT2D eigenvalue weighted by Crippen LogP contribution is 2.26. The molecule has 3 N–H and O–H groups in total. The molecule has 0 bridgehead atoms. The van der Waals surface area contributed by atoms with Gasteiger partial charge in [-0.25, -0.2) is 4.52 Å². The van der Waals surface area contributed by atoms with E-state index in [4.69, 9.17) is 5.73 Å². The minimum absolute atomic E-state index is 0.106. The van der Waals surface area contributed by atoms with Crippen LogP contribution in [0.25, 0.3) is 5.65 Å². The third kappa shape index (κ3) is 2.21. The largest absolute Gasteiger partial charge is 0.365 e. The van der Waals surface area contributed by atoms with Crippen molar-refractivity contribution in [3.8, 4) is 0 Å². The van der Waals surface area contributed by atoms with E-state index in [1.165, 1.54) is 0 Å². The highest BCUT2D eigenvalue weighted by molar-refractivity contribution is 6.00. The van der Waals surface area contributed by atoms with Crippen LogP contribution in [0.1, 0.15) is 47.4 Å². The fourth-order valence-corrected chi connectivity index (χ4v) is 3.32. The number of hydrogen-bond donors (Lipinski definition) is 2. The van der Waals surface area contributed by atoms with Crippen LogP contribution in [0.4, 0.5) is 0 Å². The molecule has 0 unspecified atom stereocenters. The van der Waals surface area contributed by atoms with Crippen molar-refractivity contribution in [1.29, 1.82) is 0 Å². The maximum absolute atomic E-state index is 12.5. The molecule has 1 saturated heterocycles. The molecule has 0 spiro atoms. The van der Waals surface area contributed by atoms with Crippen LogP contribution in [-0.2, 0) is 6.54 Å². The fourth-order valence-electron chi connectivity index (χ4n) is 3.32. The van der Waals surface area contributed by atoms with Gasteiger partial charge in [-0.15, -0.1) is 0 Å². The first-order valence-electron chi connectivity index (χ1n) is 7.68. The molecule has 2 aromatic rings. The van der Waals surface area contributed by atoms with Crippen LogP contribution < -0.4 is 16.6 Å². The molecule has 7 nitrogen and oxygen atoms in total. The van der Waals surface area contributed by atoms with Crippen LogP contribution >= 0.6 is 0 Å². The van der Waals surface area contributed by atoms with E-state index in [1.807, 2.05) is 6.92 Å². The van der Waals surface area contributed by atoms with Crippen LogP contribution in [0.2, 0.25) is 0 Å². The average Bonchev–Trinajstić information content (AvgIpc) is 2.84. The van der Waals surface area contributed by atoms with Gasteiger partial charge in [-0.1, -0.05) is 0 Å². The highest BCUT2D eigenvalue weighted by Gasteiger charge is 2.25. The number of amides is 1. The Morgan fingerprint density at radius 2 is 2.14 bits per heavy atom. The monoisotopic (exact) mass is 303 g/mol. The lowest BCUT2D eigenvalue weighted by molar-refractivity contribution is 0.100. The number of nitrogens with one attached hydrogen (secondary N) is 1. The second-order valence-electron chi connectivity index (χ2n) is 5.74. The fraction of sp³-hybridized carbons (Fsp3) is 0.533. The predicted molar refractivity (Wildman–Crippen MR) is 83.2 cm³/mol. The zero-order valence-electron chi connectivity index (χ0n) is 12.9.